The Hall–Kier alpha value is -2.10. The third-order valence-electron chi connectivity index (χ3n) is 3.18. The summed E-state index contributed by atoms with van der Waals surface area (Å²) in [7, 11) is 0. The monoisotopic (exact) mass is 244 g/mol. The van der Waals surface area contributed by atoms with Crippen molar-refractivity contribution in [1.29, 1.82) is 0 Å². The maximum atomic E-state index is 11.1. The van der Waals surface area contributed by atoms with Crippen molar-refractivity contribution in [1.82, 2.24) is 9.78 Å². The molecule has 0 spiro atoms. The van der Waals surface area contributed by atoms with Gasteiger partial charge in [0.05, 0.1) is 11.8 Å². The highest BCUT2D eigenvalue weighted by atomic mass is 16.4. The molecule has 0 bridgehead atoms. The van der Waals surface area contributed by atoms with Crippen LogP contribution in [0.25, 0.3) is 11.1 Å². The van der Waals surface area contributed by atoms with Crippen molar-refractivity contribution in [3.05, 3.63) is 41.2 Å². The highest BCUT2D eigenvalue weighted by molar-refractivity contribution is 5.91. The fraction of sp³-hybridized carbons (Fsp3) is 0.286. The average Bonchev–Trinajstić information content (AvgIpc) is 2.71. The van der Waals surface area contributed by atoms with E-state index in [0.29, 0.717) is 5.56 Å². The average molecular weight is 244 g/mol. The van der Waals surface area contributed by atoms with E-state index in [1.165, 1.54) is 0 Å². The van der Waals surface area contributed by atoms with Gasteiger partial charge in [0.25, 0.3) is 0 Å². The van der Waals surface area contributed by atoms with Crippen LogP contribution in [0.3, 0.4) is 0 Å². The number of rotatable bonds is 3. The Balaban J connectivity index is 2.54. The smallest absolute Gasteiger partial charge is 0.335 e. The van der Waals surface area contributed by atoms with Gasteiger partial charge in [0, 0.05) is 17.8 Å². The van der Waals surface area contributed by atoms with E-state index in [1.54, 1.807) is 19.2 Å². The summed E-state index contributed by atoms with van der Waals surface area (Å²) in [6.07, 6.45) is 1.79. The predicted octanol–water partition coefficient (Wildman–Crippen LogP) is 2.89. The van der Waals surface area contributed by atoms with Crippen LogP contribution in [0.1, 0.15) is 28.5 Å². The molecule has 0 fully saturated rings. The highest BCUT2D eigenvalue weighted by Crippen LogP contribution is 2.25. The van der Waals surface area contributed by atoms with Crippen LogP contribution in [-0.2, 0) is 6.54 Å². The van der Waals surface area contributed by atoms with Crippen LogP contribution >= 0.6 is 0 Å². The molecule has 1 heterocycles. The number of aromatic nitrogens is 2. The second-order valence-corrected chi connectivity index (χ2v) is 4.29. The SMILES string of the molecule is CCn1ncc(-c2ccc(C)c(C(=O)O)c2)c1C. The molecule has 1 N–H and O–H groups in total. The number of nitrogens with zero attached hydrogens (tertiary/aromatic N) is 2. The first-order valence-electron chi connectivity index (χ1n) is 5.91. The van der Waals surface area contributed by atoms with E-state index in [9.17, 15) is 4.79 Å². The summed E-state index contributed by atoms with van der Waals surface area (Å²) < 4.78 is 1.90. The van der Waals surface area contributed by atoms with Crippen LogP contribution in [0, 0.1) is 13.8 Å². The number of aryl methyl sites for hydroxylation is 2. The number of carbonyl (C=O) groups is 1. The fourth-order valence-corrected chi connectivity index (χ4v) is 2.07. The van der Waals surface area contributed by atoms with E-state index in [4.69, 9.17) is 5.11 Å². The first-order chi connectivity index (χ1) is 8.54. The van der Waals surface area contributed by atoms with E-state index in [1.807, 2.05) is 30.7 Å². The maximum absolute atomic E-state index is 11.1. The molecule has 0 saturated heterocycles. The lowest BCUT2D eigenvalue weighted by Gasteiger charge is -2.06. The minimum atomic E-state index is -0.894. The quantitative estimate of drug-likeness (QED) is 0.903. The van der Waals surface area contributed by atoms with Gasteiger partial charge in [-0.1, -0.05) is 12.1 Å². The molecule has 2 rings (SSSR count). The van der Waals surface area contributed by atoms with E-state index < -0.39 is 5.97 Å². The molecule has 0 aliphatic heterocycles. The van der Waals surface area contributed by atoms with E-state index in [-0.39, 0.29) is 0 Å². The minimum absolute atomic E-state index is 0.344. The maximum Gasteiger partial charge on any atom is 0.335 e. The zero-order chi connectivity index (χ0) is 13.3. The highest BCUT2D eigenvalue weighted by Gasteiger charge is 2.12. The molecule has 94 valence electrons. The molecule has 0 saturated carbocycles. The van der Waals surface area contributed by atoms with Crippen molar-refractivity contribution < 1.29 is 9.90 Å². The lowest BCUT2D eigenvalue weighted by molar-refractivity contribution is 0.0696. The fourth-order valence-electron chi connectivity index (χ4n) is 2.07. The van der Waals surface area contributed by atoms with Crippen molar-refractivity contribution in [3.8, 4) is 11.1 Å². The molecule has 0 atom stereocenters. The van der Waals surface area contributed by atoms with Gasteiger partial charge in [-0.3, -0.25) is 4.68 Å². The molecule has 1 aromatic heterocycles. The molecule has 0 radical (unpaired) electrons. The Morgan fingerprint density at radius 2 is 2.11 bits per heavy atom. The van der Waals surface area contributed by atoms with Gasteiger partial charge in [0.1, 0.15) is 0 Å². The van der Waals surface area contributed by atoms with Crippen LogP contribution in [0.15, 0.2) is 24.4 Å². The largest absolute Gasteiger partial charge is 0.478 e. The summed E-state index contributed by atoms with van der Waals surface area (Å²) in [4.78, 5) is 11.1. The Morgan fingerprint density at radius 1 is 1.39 bits per heavy atom. The molecular formula is C14H16N2O2. The molecule has 0 unspecified atom stereocenters. The molecule has 4 nitrogen and oxygen atoms in total. The summed E-state index contributed by atoms with van der Waals surface area (Å²) in [6, 6.07) is 5.48. The Labute approximate surface area is 106 Å². The summed E-state index contributed by atoms with van der Waals surface area (Å²) in [5.74, 6) is -0.894. The van der Waals surface area contributed by atoms with Gasteiger partial charge < -0.3 is 5.11 Å². The van der Waals surface area contributed by atoms with Crippen molar-refractivity contribution in [3.63, 3.8) is 0 Å². The van der Waals surface area contributed by atoms with Crippen molar-refractivity contribution >= 4 is 5.97 Å². The minimum Gasteiger partial charge on any atom is -0.478 e. The van der Waals surface area contributed by atoms with E-state index in [0.717, 1.165) is 28.9 Å². The summed E-state index contributed by atoms with van der Waals surface area (Å²) in [6.45, 7) is 6.63. The number of hydrogen-bond acceptors (Lipinski definition) is 2. The molecule has 2 aromatic rings. The number of benzene rings is 1. The van der Waals surface area contributed by atoms with E-state index in [2.05, 4.69) is 5.10 Å². The van der Waals surface area contributed by atoms with Gasteiger partial charge in [-0.2, -0.15) is 5.10 Å². The van der Waals surface area contributed by atoms with Gasteiger partial charge in [-0.05, 0) is 38.0 Å². The van der Waals surface area contributed by atoms with Gasteiger partial charge >= 0.3 is 5.97 Å². The van der Waals surface area contributed by atoms with E-state index >= 15 is 0 Å². The Bertz CT molecular complexity index is 600. The molecule has 0 aliphatic carbocycles. The van der Waals surface area contributed by atoms with Crippen LogP contribution in [-0.4, -0.2) is 20.9 Å². The second kappa shape index (κ2) is 4.64. The normalized spacial score (nSPS) is 10.6. The van der Waals surface area contributed by atoms with Gasteiger partial charge in [-0.25, -0.2) is 4.79 Å². The topological polar surface area (TPSA) is 55.1 Å². The summed E-state index contributed by atoms with van der Waals surface area (Å²) >= 11 is 0. The van der Waals surface area contributed by atoms with Crippen LogP contribution < -0.4 is 0 Å². The second-order valence-electron chi connectivity index (χ2n) is 4.29. The number of hydrogen-bond donors (Lipinski definition) is 1. The van der Waals surface area contributed by atoms with Crippen molar-refractivity contribution in [2.45, 2.75) is 27.3 Å². The molecule has 0 aliphatic rings. The predicted molar refractivity (Wildman–Crippen MR) is 69.8 cm³/mol. The number of aromatic carboxylic acids is 1. The first-order valence-corrected chi connectivity index (χ1v) is 5.91. The third kappa shape index (κ3) is 2.01. The lowest BCUT2D eigenvalue weighted by Crippen LogP contribution is -2.00. The first kappa shape index (κ1) is 12.4. The zero-order valence-corrected chi connectivity index (χ0v) is 10.8. The summed E-state index contributed by atoms with van der Waals surface area (Å²) in [5, 5.41) is 13.4. The standard InChI is InChI=1S/C14H16N2O2/c1-4-16-10(3)13(8-15-16)11-6-5-9(2)12(7-11)14(17)18/h5-8H,4H2,1-3H3,(H,17,18). The number of carboxylic acids is 1. The summed E-state index contributed by atoms with van der Waals surface area (Å²) in [5.41, 5.74) is 4.05. The molecule has 1 aromatic carbocycles. The zero-order valence-electron chi connectivity index (χ0n) is 10.8. The Kier molecular flexibility index (Phi) is 3.19. The van der Waals surface area contributed by atoms with Gasteiger partial charge in [0.15, 0.2) is 0 Å². The molecule has 0 amide bonds. The molecular weight excluding hydrogens is 228 g/mol. The van der Waals surface area contributed by atoms with Crippen molar-refractivity contribution in [2.75, 3.05) is 0 Å². The van der Waals surface area contributed by atoms with Crippen LogP contribution in [0.4, 0.5) is 0 Å². The van der Waals surface area contributed by atoms with Gasteiger partial charge in [0.2, 0.25) is 0 Å². The molecule has 4 heteroatoms. The molecule has 18 heavy (non-hydrogen) atoms. The van der Waals surface area contributed by atoms with Crippen molar-refractivity contribution in [2.24, 2.45) is 0 Å². The Morgan fingerprint density at radius 3 is 2.67 bits per heavy atom. The lowest BCUT2D eigenvalue weighted by atomic mass is 10.0. The van der Waals surface area contributed by atoms with Crippen LogP contribution in [0.5, 0.6) is 0 Å². The van der Waals surface area contributed by atoms with Crippen LogP contribution in [0.2, 0.25) is 0 Å². The van der Waals surface area contributed by atoms with Gasteiger partial charge in [-0.15, -0.1) is 0 Å². The third-order valence-corrected chi connectivity index (χ3v) is 3.18. The number of carboxylic acid groups (broad SMARTS) is 1.